The number of carbonyl (C=O) groups is 1. The Morgan fingerprint density at radius 1 is 1.14 bits per heavy atom. The van der Waals surface area contributed by atoms with Crippen LogP contribution in [0.25, 0.3) is 0 Å². The lowest BCUT2D eigenvalue weighted by atomic mass is 9.78. The third kappa shape index (κ3) is 4.69. The molecule has 0 radical (unpaired) electrons. The molecule has 154 valence electrons. The zero-order valence-electron chi connectivity index (χ0n) is 17.2. The Bertz CT molecular complexity index is 712. The number of ether oxygens (including phenoxy) is 2. The van der Waals surface area contributed by atoms with Crippen molar-refractivity contribution in [2.45, 2.75) is 38.0 Å². The number of benzene rings is 1. The minimum atomic E-state index is -0.0142. The molecular weight excluding hydrogens is 356 g/mol. The van der Waals surface area contributed by atoms with Crippen LogP contribution in [-0.4, -0.2) is 63.7 Å². The second-order valence-electron chi connectivity index (χ2n) is 7.68. The Morgan fingerprint density at radius 2 is 1.86 bits per heavy atom. The predicted molar refractivity (Wildman–Crippen MR) is 110 cm³/mol. The summed E-state index contributed by atoms with van der Waals surface area (Å²) >= 11 is 0. The first-order chi connectivity index (χ1) is 13.5. The minimum Gasteiger partial charge on any atom is -0.486 e. The Labute approximate surface area is 167 Å². The van der Waals surface area contributed by atoms with Crippen molar-refractivity contribution in [1.82, 2.24) is 15.5 Å². The number of aliphatic imine (C=N–C) groups is 1. The van der Waals surface area contributed by atoms with Crippen molar-refractivity contribution in [2.75, 3.05) is 46.9 Å². The maximum atomic E-state index is 11.9. The Kier molecular flexibility index (Phi) is 6.65. The number of rotatable bonds is 6. The fraction of sp³-hybridized carbons (Fsp3) is 0.619. The van der Waals surface area contributed by atoms with E-state index in [1.165, 1.54) is 18.4 Å². The van der Waals surface area contributed by atoms with Crippen molar-refractivity contribution >= 4 is 11.9 Å². The molecule has 2 N–H and O–H groups in total. The van der Waals surface area contributed by atoms with Gasteiger partial charge in [0.05, 0.1) is 0 Å². The van der Waals surface area contributed by atoms with E-state index >= 15 is 0 Å². The number of hydrogen-bond acceptors (Lipinski definition) is 4. The molecule has 0 spiro atoms. The molecular formula is C21H32N4O3. The van der Waals surface area contributed by atoms with E-state index in [4.69, 9.17) is 9.47 Å². The summed E-state index contributed by atoms with van der Waals surface area (Å²) in [7, 11) is 3.49. The summed E-state index contributed by atoms with van der Waals surface area (Å²) in [5, 5.41) is 6.72. The summed E-state index contributed by atoms with van der Waals surface area (Å²) in [5.41, 5.74) is 1.32. The SMILES string of the molecule is CCNC(=NCC(=O)N(C)C)NCC1(c2ccc3c(c2)OCCO3)CCCC1. The average molecular weight is 389 g/mol. The van der Waals surface area contributed by atoms with E-state index in [1.807, 2.05) is 13.0 Å². The number of nitrogens with zero attached hydrogens (tertiary/aromatic N) is 2. The molecule has 1 fully saturated rings. The van der Waals surface area contributed by atoms with Gasteiger partial charge in [-0.1, -0.05) is 18.9 Å². The van der Waals surface area contributed by atoms with Crippen LogP contribution < -0.4 is 20.1 Å². The summed E-state index contributed by atoms with van der Waals surface area (Å²) in [5.74, 6) is 2.33. The van der Waals surface area contributed by atoms with Crippen molar-refractivity contribution in [3.8, 4) is 11.5 Å². The van der Waals surface area contributed by atoms with Crippen LogP contribution in [0.2, 0.25) is 0 Å². The topological polar surface area (TPSA) is 75.2 Å². The Balaban J connectivity index is 1.74. The minimum absolute atomic E-state index is 0.0142. The summed E-state index contributed by atoms with van der Waals surface area (Å²) in [6, 6.07) is 6.33. The van der Waals surface area contributed by atoms with Gasteiger partial charge < -0.3 is 25.0 Å². The van der Waals surface area contributed by atoms with Crippen LogP contribution in [0.4, 0.5) is 0 Å². The number of nitrogens with one attached hydrogen (secondary N) is 2. The molecule has 1 aliphatic heterocycles. The van der Waals surface area contributed by atoms with Gasteiger partial charge in [0.2, 0.25) is 5.91 Å². The van der Waals surface area contributed by atoms with Gasteiger partial charge in [0, 0.05) is 32.6 Å². The second kappa shape index (κ2) is 9.17. The molecule has 1 aromatic rings. The third-order valence-corrected chi connectivity index (χ3v) is 5.52. The van der Waals surface area contributed by atoms with Crippen molar-refractivity contribution in [2.24, 2.45) is 4.99 Å². The van der Waals surface area contributed by atoms with Gasteiger partial charge in [0.1, 0.15) is 19.8 Å². The maximum Gasteiger partial charge on any atom is 0.243 e. The van der Waals surface area contributed by atoms with Gasteiger partial charge in [-0.25, -0.2) is 4.99 Å². The van der Waals surface area contributed by atoms with Gasteiger partial charge in [0.15, 0.2) is 17.5 Å². The molecule has 7 heteroatoms. The van der Waals surface area contributed by atoms with Gasteiger partial charge >= 0.3 is 0 Å². The molecule has 0 bridgehead atoms. The first kappa shape index (κ1) is 20.3. The molecule has 0 atom stereocenters. The molecule has 0 aromatic heterocycles. The van der Waals surface area contributed by atoms with Gasteiger partial charge in [0.25, 0.3) is 0 Å². The monoisotopic (exact) mass is 388 g/mol. The summed E-state index contributed by atoms with van der Waals surface area (Å²) in [6.07, 6.45) is 4.66. The lowest BCUT2D eigenvalue weighted by Gasteiger charge is -2.32. The molecule has 0 saturated heterocycles. The number of guanidine groups is 1. The maximum absolute atomic E-state index is 11.9. The molecule has 1 aromatic carbocycles. The van der Waals surface area contributed by atoms with Crippen LogP contribution in [0.1, 0.15) is 38.2 Å². The van der Waals surface area contributed by atoms with Crippen LogP contribution in [-0.2, 0) is 10.2 Å². The first-order valence-corrected chi connectivity index (χ1v) is 10.2. The summed E-state index contributed by atoms with van der Waals surface area (Å²) in [6.45, 7) is 4.89. The number of amides is 1. The van der Waals surface area contributed by atoms with E-state index < -0.39 is 0 Å². The average Bonchev–Trinajstić information content (AvgIpc) is 3.19. The van der Waals surface area contributed by atoms with Crippen LogP contribution in [0, 0.1) is 0 Å². The highest BCUT2D eigenvalue weighted by atomic mass is 16.6. The molecule has 28 heavy (non-hydrogen) atoms. The smallest absolute Gasteiger partial charge is 0.243 e. The summed E-state index contributed by atoms with van der Waals surface area (Å²) < 4.78 is 11.5. The normalized spacial score (nSPS) is 17.9. The molecule has 1 heterocycles. The van der Waals surface area contributed by atoms with Crippen LogP contribution in [0.15, 0.2) is 23.2 Å². The number of fused-ring (bicyclic) bond motifs is 1. The van der Waals surface area contributed by atoms with E-state index in [0.717, 1.165) is 37.4 Å². The molecule has 7 nitrogen and oxygen atoms in total. The van der Waals surface area contributed by atoms with E-state index in [9.17, 15) is 4.79 Å². The van der Waals surface area contributed by atoms with Gasteiger partial charge in [-0.05, 0) is 37.5 Å². The van der Waals surface area contributed by atoms with E-state index in [-0.39, 0.29) is 17.9 Å². The van der Waals surface area contributed by atoms with Crippen molar-refractivity contribution < 1.29 is 14.3 Å². The van der Waals surface area contributed by atoms with Gasteiger partial charge in [-0.2, -0.15) is 0 Å². The highest BCUT2D eigenvalue weighted by Crippen LogP contribution is 2.43. The standard InChI is InChI=1S/C21H32N4O3/c1-4-22-20(23-14-19(26)25(2)3)24-15-21(9-5-6-10-21)16-7-8-17-18(13-16)28-12-11-27-17/h7-8,13H,4-6,9-12,14-15H2,1-3H3,(H2,22,23,24). The lowest BCUT2D eigenvalue weighted by Crippen LogP contribution is -2.45. The Morgan fingerprint density at radius 3 is 2.54 bits per heavy atom. The zero-order chi connectivity index (χ0) is 20.0. The predicted octanol–water partition coefficient (Wildman–Crippen LogP) is 1.91. The Hall–Kier alpha value is -2.44. The highest BCUT2D eigenvalue weighted by molar-refractivity contribution is 5.84. The summed E-state index contributed by atoms with van der Waals surface area (Å²) in [4.78, 5) is 17.9. The number of carbonyl (C=O) groups excluding carboxylic acids is 1. The van der Waals surface area contributed by atoms with Gasteiger partial charge in [-0.15, -0.1) is 0 Å². The van der Waals surface area contributed by atoms with Crippen molar-refractivity contribution in [1.29, 1.82) is 0 Å². The fourth-order valence-electron chi connectivity index (χ4n) is 3.88. The molecule has 2 aliphatic rings. The van der Waals surface area contributed by atoms with E-state index in [2.05, 4.69) is 27.8 Å². The van der Waals surface area contributed by atoms with Gasteiger partial charge in [-0.3, -0.25) is 4.79 Å². The third-order valence-electron chi connectivity index (χ3n) is 5.52. The van der Waals surface area contributed by atoms with E-state index in [1.54, 1.807) is 19.0 Å². The van der Waals surface area contributed by atoms with Crippen molar-refractivity contribution in [3.63, 3.8) is 0 Å². The van der Waals surface area contributed by atoms with Crippen molar-refractivity contribution in [3.05, 3.63) is 23.8 Å². The lowest BCUT2D eigenvalue weighted by molar-refractivity contribution is -0.127. The molecule has 3 rings (SSSR count). The molecule has 1 saturated carbocycles. The molecule has 1 amide bonds. The molecule has 1 aliphatic carbocycles. The largest absolute Gasteiger partial charge is 0.486 e. The zero-order valence-corrected chi connectivity index (χ0v) is 17.2. The van der Waals surface area contributed by atoms with Crippen LogP contribution in [0.3, 0.4) is 0 Å². The fourth-order valence-corrected chi connectivity index (χ4v) is 3.88. The molecule has 0 unspecified atom stereocenters. The quantitative estimate of drug-likeness (QED) is 0.575. The highest BCUT2D eigenvalue weighted by Gasteiger charge is 2.36. The number of likely N-dealkylation sites (N-methyl/N-ethyl adjacent to an activating group) is 1. The van der Waals surface area contributed by atoms with Crippen LogP contribution in [0.5, 0.6) is 11.5 Å². The number of hydrogen-bond donors (Lipinski definition) is 2. The first-order valence-electron chi connectivity index (χ1n) is 10.2. The second-order valence-corrected chi connectivity index (χ2v) is 7.68. The van der Waals surface area contributed by atoms with E-state index in [0.29, 0.717) is 19.2 Å². The van der Waals surface area contributed by atoms with Crippen LogP contribution >= 0.6 is 0 Å².